The van der Waals surface area contributed by atoms with Crippen LogP contribution < -0.4 is 5.32 Å². The molecule has 0 aromatic rings. The van der Waals surface area contributed by atoms with Crippen molar-refractivity contribution in [3.8, 4) is 0 Å². The summed E-state index contributed by atoms with van der Waals surface area (Å²) in [5.41, 5.74) is 0. The van der Waals surface area contributed by atoms with Gasteiger partial charge in [-0.25, -0.2) is 0 Å². The summed E-state index contributed by atoms with van der Waals surface area (Å²) < 4.78 is 0. The van der Waals surface area contributed by atoms with E-state index in [0.717, 1.165) is 18.0 Å². The van der Waals surface area contributed by atoms with E-state index in [9.17, 15) is 0 Å². The average Bonchev–Trinajstić information content (AvgIpc) is 2.40. The molecule has 16 heavy (non-hydrogen) atoms. The SMILES string of the molecule is CCCN(C1CCCC(C)CC1)C1CNC1. The lowest BCUT2D eigenvalue weighted by Crippen LogP contribution is -2.60. The van der Waals surface area contributed by atoms with E-state index in [2.05, 4.69) is 24.1 Å². The van der Waals surface area contributed by atoms with Gasteiger partial charge in [-0.1, -0.05) is 26.7 Å². The highest BCUT2D eigenvalue weighted by molar-refractivity contribution is 4.89. The van der Waals surface area contributed by atoms with Crippen LogP contribution in [0.1, 0.15) is 52.4 Å². The van der Waals surface area contributed by atoms with Crippen LogP contribution >= 0.6 is 0 Å². The first kappa shape index (κ1) is 12.4. The molecule has 2 fully saturated rings. The van der Waals surface area contributed by atoms with Gasteiger partial charge in [-0.2, -0.15) is 0 Å². The van der Waals surface area contributed by atoms with Crippen molar-refractivity contribution in [3.05, 3.63) is 0 Å². The van der Waals surface area contributed by atoms with Crippen molar-refractivity contribution in [1.29, 1.82) is 0 Å². The molecule has 0 bridgehead atoms. The summed E-state index contributed by atoms with van der Waals surface area (Å²) in [6, 6.07) is 1.73. The van der Waals surface area contributed by atoms with Crippen molar-refractivity contribution in [2.45, 2.75) is 64.5 Å². The molecule has 2 nitrogen and oxygen atoms in total. The van der Waals surface area contributed by atoms with Gasteiger partial charge in [0.25, 0.3) is 0 Å². The summed E-state index contributed by atoms with van der Waals surface area (Å²) in [6.07, 6.45) is 8.55. The van der Waals surface area contributed by atoms with E-state index < -0.39 is 0 Å². The Balaban J connectivity index is 1.89. The molecule has 2 rings (SSSR count). The zero-order chi connectivity index (χ0) is 11.4. The standard InChI is InChI=1S/C14H28N2/c1-3-9-16(14-10-15-11-14)13-6-4-5-12(2)7-8-13/h12-15H,3-11H2,1-2H3. The number of nitrogens with one attached hydrogen (secondary N) is 1. The second-order valence-electron chi connectivity index (χ2n) is 5.82. The summed E-state index contributed by atoms with van der Waals surface area (Å²) in [4.78, 5) is 2.81. The van der Waals surface area contributed by atoms with Crippen LogP contribution in [0.4, 0.5) is 0 Å². The minimum atomic E-state index is 0.846. The number of rotatable bonds is 4. The van der Waals surface area contributed by atoms with Gasteiger partial charge in [0.2, 0.25) is 0 Å². The molecule has 1 saturated carbocycles. The van der Waals surface area contributed by atoms with Crippen molar-refractivity contribution >= 4 is 0 Å². The van der Waals surface area contributed by atoms with E-state index >= 15 is 0 Å². The molecule has 2 unspecified atom stereocenters. The minimum absolute atomic E-state index is 0.846. The van der Waals surface area contributed by atoms with Crippen LogP contribution in [-0.4, -0.2) is 36.6 Å². The topological polar surface area (TPSA) is 15.3 Å². The molecule has 2 aliphatic rings. The molecule has 1 N–H and O–H groups in total. The van der Waals surface area contributed by atoms with Gasteiger partial charge in [0, 0.05) is 25.2 Å². The maximum absolute atomic E-state index is 3.42. The zero-order valence-electron chi connectivity index (χ0n) is 11.0. The molecule has 2 atom stereocenters. The molecule has 0 radical (unpaired) electrons. The molecule has 1 heterocycles. The van der Waals surface area contributed by atoms with Crippen LogP contribution in [-0.2, 0) is 0 Å². The van der Waals surface area contributed by atoms with E-state index in [1.807, 2.05) is 0 Å². The highest BCUT2D eigenvalue weighted by Crippen LogP contribution is 2.27. The quantitative estimate of drug-likeness (QED) is 0.739. The predicted molar refractivity (Wildman–Crippen MR) is 69.7 cm³/mol. The van der Waals surface area contributed by atoms with Gasteiger partial charge in [-0.05, 0) is 38.1 Å². The van der Waals surface area contributed by atoms with Gasteiger partial charge in [0.05, 0.1) is 0 Å². The Labute approximate surface area is 101 Å². The molecule has 1 aliphatic carbocycles. The normalized spacial score (nSPS) is 32.4. The van der Waals surface area contributed by atoms with Crippen molar-refractivity contribution in [1.82, 2.24) is 10.2 Å². The Hall–Kier alpha value is -0.0800. The number of hydrogen-bond donors (Lipinski definition) is 1. The van der Waals surface area contributed by atoms with Crippen molar-refractivity contribution in [2.24, 2.45) is 5.92 Å². The lowest BCUT2D eigenvalue weighted by Gasteiger charge is -2.43. The fourth-order valence-corrected chi connectivity index (χ4v) is 3.23. The Morgan fingerprint density at radius 2 is 1.88 bits per heavy atom. The van der Waals surface area contributed by atoms with Crippen LogP contribution in [0.3, 0.4) is 0 Å². The van der Waals surface area contributed by atoms with Crippen molar-refractivity contribution < 1.29 is 0 Å². The molecular formula is C14H28N2. The summed E-state index contributed by atoms with van der Waals surface area (Å²) in [6.45, 7) is 8.51. The number of hydrogen-bond acceptors (Lipinski definition) is 2. The van der Waals surface area contributed by atoms with Crippen LogP contribution in [0.2, 0.25) is 0 Å². The molecule has 0 amide bonds. The van der Waals surface area contributed by atoms with Crippen LogP contribution in [0.25, 0.3) is 0 Å². The fourth-order valence-electron chi connectivity index (χ4n) is 3.23. The summed E-state index contributed by atoms with van der Waals surface area (Å²) in [5.74, 6) is 0.966. The summed E-state index contributed by atoms with van der Waals surface area (Å²) >= 11 is 0. The third-order valence-corrected chi connectivity index (χ3v) is 4.41. The zero-order valence-corrected chi connectivity index (χ0v) is 11.0. The van der Waals surface area contributed by atoms with E-state index in [-0.39, 0.29) is 0 Å². The average molecular weight is 224 g/mol. The van der Waals surface area contributed by atoms with Crippen LogP contribution in [0.5, 0.6) is 0 Å². The third-order valence-electron chi connectivity index (χ3n) is 4.41. The van der Waals surface area contributed by atoms with Crippen LogP contribution in [0, 0.1) is 5.92 Å². The Bertz CT molecular complexity index is 201. The lowest BCUT2D eigenvalue weighted by molar-refractivity contribution is 0.0851. The molecule has 0 aromatic carbocycles. The van der Waals surface area contributed by atoms with Gasteiger partial charge < -0.3 is 5.32 Å². The maximum Gasteiger partial charge on any atom is 0.0348 e. The predicted octanol–water partition coefficient (Wildman–Crippen LogP) is 2.64. The minimum Gasteiger partial charge on any atom is -0.314 e. The monoisotopic (exact) mass is 224 g/mol. The van der Waals surface area contributed by atoms with Gasteiger partial charge in [-0.3, -0.25) is 4.90 Å². The highest BCUT2D eigenvalue weighted by Gasteiger charge is 2.30. The second-order valence-corrected chi connectivity index (χ2v) is 5.82. The van der Waals surface area contributed by atoms with E-state index in [1.54, 1.807) is 0 Å². The summed E-state index contributed by atoms with van der Waals surface area (Å²) in [5, 5.41) is 3.42. The van der Waals surface area contributed by atoms with Crippen LogP contribution in [0.15, 0.2) is 0 Å². The lowest BCUT2D eigenvalue weighted by atomic mass is 10.0. The maximum atomic E-state index is 3.42. The fraction of sp³-hybridized carbons (Fsp3) is 1.00. The van der Waals surface area contributed by atoms with Gasteiger partial charge in [-0.15, -0.1) is 0 Å². The third kappa shape index (κ3) is 2.98. The first-order valence-corrected chi connectivity index (χ1v) is 7.27. The van der Waals surface area contributed by atoms with Gasteiger partial charge in [0.15, 0.2) is 0 Å². The first-order valence-electron chi connectivity index (χ1n) is 7.27. The summed E-state index contributed by atoms with van der Waals surface area (Å²) in [7, 11) is 0. The Kier molecular flexibility index (Phi) is 4.66. The smallest absolute Gasteiger partial charge is 0.0348 e. The van der Waals surface area contributed by atoms with Gasteiger partial charge >= 0.3 is 0 Å². The molecular weight excluding hydrogens is 196 g/mol. The van der Waals surface area contributed by atoms with Gasteiger partial charge in [0.1, 0.15) is 0 Å². The molecule has 2 heteroatoms. The molecule has 0 aromatic heterocycles. The van der Waals surface area contributed by atoms with E-state index in [4.69, 9.17) is 0 Å². The molecule has 94 valence electrons. The highest BCUT2D eigenvalue weighted by atomic mass is 15.3. The molecule has 1 aliphatic heterocycles. The van der Waals surface area contributed by atoms with E-state index in [1.165, 1.54) is 58.2 Å². The first-order chi connectivity index (χ1) is 7.81. The molecule has 1 saturated heterocycles. The Morgan fingerprint density at radius 3 is 2.50 bits per heavy atom. The Morgan fingerprint density at radius 1 is 1.06 bits per heavy atom. The largest absolute Gasteiger partial charge is 0.314 e. The molecule has 0 spiro atoms. The van der Waals surface area contributed by atoms with E-state index in [0.29, 0.717) is 0 Å². The van der Waals surface area contributed by atoms with Crippen molar-refractivity contribution in [3.63, 3.8) is 0 Å². The second kappa shape index (κ2) is 6.02. The number of nitrogens with zero attached hydrogens (tertiary/aromatic N) is 1. The van der Waals surface area contributed by atoms with Crippen molar-refractivity contribution in [2.75, 3.05) is 19.6 Å².